The van der Waals surface area contributed by atoms with Crippen molar-refractivity contribution < 1.29 is 17.7 Å². The van der Waals surface area contributed by atoms with E-state index in [0.717, 1.165) is 11.4 Å². The SMILES string of the molecule is COc1ccc(N)cc1.CS(=O)(=O)O. The van der Waals surface area contributed by atoms with Gasteiger partial charge in [0.2, 0.25) is 0 Å². The molecule has 0 atom stereocenters. The largest absolute Gasteiger partial charge is 0.497 e. The van der Waals surface area contributed by atoms with E-state index in [2.05, 4.69) is 0 Å². The van der Waals surface area contributed by atoms with E-state index in [-0.39, 0.29) is 0 Å². The van der Waals surface area contributed by atoms with Crippen molar-refractivity contribution in [1.29, 1.82) is 0 Å². The highest BCUT2D eigenvalue weighted by Gasteiger charge is 1.86. The lowest BCUT2D eigenvalue weighted by atomic mass is 10.3. The average Bonchev–Trinajstić information content (AvgIpc) is 2.03. The van der Waals surface area contributed by atoms with Crippen LogP contribution in [-0.4, -0.2) is 26.3 Å². The van der Waals surface area contributed by atoms with E-state index in [1.807, 2.05) is 12.1 Å². The van der Waals surface area contributed by atoms with Crippen LogP contribution in [0.3, 0.4) is 0 Å². The van der Waals surface area contributed by atoms with Crippen LogP contribution in [0.5, 0.6) is 5.75 Å². The zero-order valence-corrected chi connectivity index (χ0v) is 8.78. The van der Waals surface area contributed by atoms with Gasteiger partial charge in [-0.15, -0.1) is 0 Å². The second kappa shape index (κ2) is 5.46. The standard InChI is InChI=1S/C7H9NO.CH4O3S/c1-9-7-4-2-6(8)3-5-7;1-5(2,3)4/h2-5H,8H2,1H3;1H3,(H,2,3,4). The van der Waals surface area contributed by atoms with E-state index in [9.17, 15) is 8.42 Å². The van der Waals surface area contributed by atoms with Crippen LogP contribution in [0.15, 0.2) is 24.3 Å². The van der Waals surface area contributed by atoms with E-state index in [4.69, 9.17) is 15.0 Å². The van der Waals surface area contributed by atoms with Crippen molar-refractivity contribution >= 4 is 15.8 Å². The number of hydrogen-bond acceptors (Lipinski definition) is 4. The molecule has 0 saturated carbocycles. The van der Waals surface area contributed by atoms with Crippen LogP contribution in [0, 0.1) is 0 Å². The minimum Gasteiger partial charge on any atom is -0.497 e. The summed E-state index contributed by atoms with van der Waals surface area (Å²) in [6, 6.07) is 7.27. The average molecular weight is 219 g/mol. The van der Waals surface area contributed by atoms with Crippen LogP contribution in [0.25, 0.3) is 0 Å². The van der Waals surface area contributed by atoms with Gasteiger partial charge in [0.25, 0.3) is 10.1 Å². The molecular formula is C8H13NO4S. The normalized spacial score (nSPS) is 9.93. The Hall–Kier alpha value is -1.27. The number of nitrogen functional groups attached to an aromatic ring is 1. The molecular weight excluding hydrogens is 206 g/mol. The Morgan fingerprint density at radius 1 is 1.29 bits per heavy atom. The smallest absolute Gasteiger partial charge is 0.261 e. The Morgan fingerprint density at radius 2 is 1.64 bits per heavy atom. The van der Waals surface area contributed by atoms with Crippen molar-refractivity contribution in [2.75, 3.05) is 19.1 Å². The third kappa shape index (κ3) is 8.82. The van der Waals surface area contributed by atoms with E-state index in [1.165, 1.54) is 0 Å². The van der Waals surface area contributed by atoms with Gasteiger partial charge in [0.1, 0.15) is 5.75 Å². The molecule has 0 saturated heterocycles. The van der Waals surface area contributed by atoms with E-state index in [1.54, 1.807) is 19.2 Å². The molecule has 6 heteroatoms. The second-order valence-electron chi connectivity index (χ2n) is 2.51. The minimum atomic E-state index is -3.67. The molecule has 0 aromatic heterocycles. The zero-order chi connectivity index (χ0) is 11.2. The van der Waals surface area contributed by atoms with Gasteiger partial charge < -0.3 is 10.5 Å². The third-order valence-electron chi connectivity index (χ3n) is 1.12. The number of methoxy groups -OCH3 is 1. The monoisotopic (exact) mass is 219 g/mol. The Morgan fingerprint density at radius 3 is 1.93 bits per heavy atom. The van der Waals surface area contributed by atoms with Crippen molar-refractivity contribution in [3.63, 3.8) is 0 Å². The molecule has 0 spiro atoms. The summed E-state index contributed by atoms with van der Waals surface area (Å²) in [5.74, 6) is 0.837. The molecule has 80 valence electrons. The maximum atomic E-state index is 9.19. The quantitative estimate of drug-likeness (QED) is 0.538. The van der Waals surface area contributed by atoms with Gasteiger partial charge >= 0.3 is 0 Å². The van der Waals surface area contributed by atoms with Gasteiger partial charge in [-0.25, -0.2) is 0 Å². The molecule has 0 fully saturated rings. The molecule has 0 bridgehead atoms. The topological polar surface area (TPSA) is 89.6 Å². The highest BCUT2D eigenvalue weighted by molar-refractivity contribution is 7.85. The van der Waals surface area contributed by atoms with Gasteiger partial charge in [-0.3, -0.25) is 4.55 Å². The minimum absolute atomic E-state index is 0.715. The van der Waals surface area contributed by atoms with Crippen LogP contribution in [0.4, 0.5) is 5.69 Å². The molecule has 0 heterocycles. The van der Waals surface area contributed by atoms with Gasteiger partial charge in [-0.1, -0.05) is 0 Å². The lowest BCUT2D eigenvalue weighted by Gasteiger charge is -1.97. The fraction of sp³-hybridized carbons (Fsp3) is 0.250. The van der Waals surface area contributed by atoms with Crippen molar-refractivity contribution in [2.24, 2.45) is 0 Å². The molecule has 0 radical (unpaired) electrons. The lowest BCUT2D eigenvalue weighted by molar-refractivity contribution is 0.415. The summed E-state index contributed by atoms with van der Waals surface area (Å²) in [6.07, 6.45) is 0.715. The number of hydrogen-bond donors (Lipinski definition) is 2. The van der Waals surface area contributed by atoms with E-state index < -0.39 is 10.1 Å². The number of rotatable bonds is 1. The third-order valence-corrected chi connectivity index (χ3v) is 1.12. The summed E-state index contributed by atoms with van der Waals surface area (Å²) in [5, 5.41) is 0. The Balaban J connectivity index is 0.000000292. The first-order valence-electron chi connectivity index (χ1n) is 3.65. The highest BCUT2D eigenvalue weighted by Crippen LogP contribution is 2.11. The Bertz CT molecular complexity index is 349. The van der Waals surface area contributed by atoms with Crippen molar-refractivity contribution in [3.8, 4) is 5.75 Å². The van der Waals surface area contributed by atoms with Crippen LogP contribution < -0.4 is 10.5 Å². The summed E-state index contributed by atoms with van der Waals surface area (Å²) < 4.78 is 30.8. The van der Waals surface area contributed by atoms with Crippen molar-refractivity contribution in [2.45, 2.75) is 0 Å². The van der Waals surface area contributed by atoms with Crippen molar-refractivity contribution in [3.05, 3.63) is 24.3 Å². The van der Waals surface area contributed by atoms with Crippen molar-refractivity contribution in [1.82, 2.24) is 0 Å². The van der Waals surface area contributed by atoms with E-state index in [0.29, 0.717) is 6.26 Å². The molecule has 1 rings (SSSR count). The molecule has 5 nitrogen and oxygen atoms in total. The van der Waals surface area contributed by atoms with Crippen LogP contribution >= 0.6 is 0 Å². The first kappa shape index (κ1) is 12.7. The molecule has 1 aromatic rings. The molecule has 0 aliphatic carbocycles. The molecule has 0 aliphatic rings. The Labute approximate surface area is 83.2 Å². The highest BCUT2D eigenvalue weighted by atomic mass is 32.2. The number of anilines is 1. The van der Waals surface area contributed by atoms with Gasteiger partial charge in [-0.2, -0.15) is 8.42 Å². The first-order chi connectivity index (χ1) is 6.33. The number of benzene rings is 1. The fourth-order valence-corrected chi connectivity index (χ4v) is 0.604. The molecule has 0 aliphatic heterocycles. The summed E-state index contributed by atoms with van der Waals surface area (Å²) >= 11 is 0. The van der Waals surface area contributed by atoms with Gasteiger partial charge in [0, 0.05) is 5.69 Å². The molecule has 3 N–H and O–H groups in total. The van der Waals surface area contributed by atoms with Gasteiger partial charge in [-0.05, 0) is 24.3 Å². The summed E-state index contributed by atoms with van der Waals surface area (Å²) in [6.45, 7) is 0. The maximum Gasteiger partial charge on any atom is 0.261 e. The first-order valence-corrected chi connectivity index (χ1v) is 5.49. The summed E-state index contributed by atoms with van der Waals surface area (Å²) in [7, 11) is -2.04. The predicted molar refractivity (Wildman–Crippen MR) is 54.9 cm³/mol. The molecule has 0 amide bonds. The number of nitrogens with two attached hydrogens (primary N) is 1. The fourth-order valence-electron chi connectivity index (χ4n) is 0.604. The van der Waals surface area contributed by atoms with Crippen LogP contribution in [-0.2, 0) is 10.1 Å². The predicted octanol–water partition coefficient (Wildman–Crippen LogP) is 0.781. The number of ether oxygens (including phenoxy) is 1. The van der Waals surface area contributed by atoms with Crippen LogP contribution in [0.1, 0.15) is 0 Å². The summed E-state index contributed by atoms with van der Waals surface area (Å²) in [5.41, 5.74) is 6.19. The lowest BCUT2D eigenvalue weighted by Crippen LogP contribution is -1.88. The van der Waals surface area contributed by atoms with Crippen LogP contribution in [0.2, 0.25) is 0 Å². The van der Waals surface area contributed by atoms with Gasteiger partial charge in [0.05, 0.1) is 13.4 Å². The Kier molecular flexibility index (Phi) is 4.96. The summed E-state index contributed by atoms with van der Waals surface area (Å²) in [4.78, 5) is 0. The molecule has 0 unspecified atom stereocenters. The van der Waals surface area contributed by atoms with E-state index >= 15 is 0 Å². The maximum absolute atomic E-state index is 9.19. The second-order valence-corrected chi connectivity index (χ2v) is 3.97. The van der Waals surface area contributed by atoms with Gasteiger partial charge in [0.15, 0.2) is 0 Å². The zero-order valence-electron chi connectivity index (χ0n) is 7.97. The molecule has 14 heavy (non-hydrogen) atoms. The molecule has 1 aromatic carbocycles.